The number of amides is 2. The number of nitrogens with two attached hydrogens (primary N) is 1. The summed E-state index contributed by atoms with van der Waals surface area (Å²) in [5.74, 6) is -0.276. The first-order valence-electron chi connectivity index (χ1n) is 9.52. The molecule has 3 N–H and O–H groups in total. The zero-order valence-electron chi connectivity index (χ0n) is 15.4. The monoisotopic (exact) mass is 379 g/mol. The van der Waals surface area contributed by atoms with Gasteiger partial charge in [0.05, 0.1) is 5.92 Å². The van der Waals surface area contributed by atoms with Crippen LogP contribution in [-0.2, 0) is 16.0 Å². The number of carbonyl (C=O) groups excluding carboxylic acids is 2. The second-order valence-corrected chi connectivity index (χ2v) is 7.32. The number of anilines is 1. The third-order valence-electron chi connectivity index (χ3n) is 5.54. The van der Waals surface area contributed by atoms with Crippen LogP contribution in [0, 0.1) is 11.8 Å². The Morgan fingerprint density at radius 3 is 2.62 bits per heavy atom. The highest BCUT2D eigenvalue weighted by Crippen LogP contribution is 2.38. The fourth-order valence-electron chi connectivity index (χ4n) is 4.27. The summed E-state index contributed by atoms with van der Waals surface area (Å²) in [5.41, 5.74) is 7.75. The van der Waals surface area contributed by atoms with Crippen LogP contribution in [0.3, 0.4) is 0 Å². The molecule has 1 aliphatic heterocycles. The number of nitrogens with zero attached hydrogens (tertiary/aromatic N) is 1. The number of carbonyl (C=O) groups is 2. The molecule has 2 amide bonds. The fourth-order valence-corrected chi connectivity index (χ4v) is 4.27. The normalized spacial score (nSPS) is 24.5. The van der Waals surface area contributed by atoms with Gasteiger partial charge in [0.25, 0.3) is 0 Å². The van der Waals surface area contributed by atoms with E-state index in [-0.39, 0.29) is 42.1 Å². The van der Waals surface area contributed by atoms with Crippen LogP contribution < -0.4 is 16.0 Å². The van der Waals surface area contributed by atoms with Gasteiger partial charge < -0.3 is 16.0 Å². The highest BCUT2D eigenvalue weighted by molar-refractivity contribution is 6.00. The molecule has 0 bridgehead atoms. The van der Waals surface area contributed by atoms with E-state index in [9.17, 15) is 9.59 Å². The Kier molecular flexibility index (Phi) is 7.47. The summed E-state index contributed by atoms with van der Waals surface area (Å²) in [5, 5.41) is 2.97. The standard InChI is InChI=1S/C20H29N3O2.ClH/c1-14-13-15-7-2-5-10-18(15)23(14)20(25)17-9-4-3-8-16(17)19(24)22-12-6-11-21;/h2,5,7,10,14,16-17H,3-4,6,8-9,11-13,21H2,1H3,(H,22,24);1H. The Balaban J connectivity index is 0.00000243. The van der Waals surface area contributed by atoms with Crippen LogP contribution >= 0.6 is 12.4 Å². The molecule has 0 aromatic heterocycles. The molecule has 1 fully saturated rings. The van der Waals surface area contributed by atoms with Crippen LogP contribution in [0.2, 0.25) is 0 Å². The lowest BCUT2D eigenvalue weighted by Crippen LogP contribution is -2.47. The van der Waals surface area contributed by atoms with Gasteiger partial charge in [-0.05, 0) is 50.8 Å². The van der Waals surface area contributed by atoms with E-state index >= 15 is 0 Å². The van der Waals surface area contributed by atoms with Crippen LogP contribution in [-0.4, -0.2) is 30.9 Å². The molecule has 0 spiro atoms. The zero-order valence-corrected chi connectivity index (χ0v) is 16.3. The van der Waals surface area contributed by atoms with Gasteiger partial charge in [0.1, 0.15) is 0 Å². The van der Waals surface area contributed by atoms with Crippen molar-refractivity contribution in [1.82, 2.24) is 5.32 Å². The van der Waals surface area contributed by atoms with E-state index in [1.54, 1.807) is 0 Å². The topological polar surface area (TPSA) is 75.4 Å². The molecule has 3 rings (SSSR count). The quantitative estimate of drug-likeness (QED) is 0.772. The third kappa shape index (κ3) is 4.21. The molecular formula is C20H30ClN3O2. The summed E-state index contributed by atoms with van der Waals surface area (Å²) in [6.45, 7) is 3.25. The van der Waals surface area contributed by atoms with Crippen molar-refractivity contribution in [1.29, 1.82) is 0 Å². The number of nitrogens with one attached hydrogen (secondary N) is 1. The molecule has 1 heterocycles. The van der Waals surface area contributed by atoms with Gasteiger partial charge in [0.15, 0.2) is 0 Å². The maximum Gasteiger partial charge on any atom is 0.231 e. The van der Waals surface area contributed by atoms with Gasteiger partial charge in [-0.3, -0.25) is 9.59 Å². The summed E-state index contributed by atoms with van der Waals surface area (Å²) in [6, 6.07) is 8.28. The lowest BCUT2D eigenvalue weighted by Gasteiger charge is -2.34. The Bertz CT molecular complexity index is 637. The zero-order chi connectivity index (χ0) is 17.8. The van der Waals surface area contributed by atoms with E-state index in [4.69, 9.17) is 5.73 Å². The molecule has 1 aromatic carbocycles. The molecule has 0 radical (unpaired) electrons. The van der Waals surface area contributed by atoms with Gasteiger partial charge in [-0.2, -0.15) is 0 Å². The number of hydrogen-bond donors (Lipinski definition) is 2. The van der Waals surface area contributed by atoms with Crippen molar-refractivity contribution in [2.24, 2.45) is 17.6 Å². The number of halogens is 1. The van der Waals surface area contributed by atoms with Crippen molar-refractivity contribution >= 4 is 29.9 Å². The highest BCUT2D eigenvalue weighted by Gasteiger charge is 2.41. The average Bonchev–Trinajstić information content (AvgIpc) is 2.97. The van der Waals surface area contributed by atoms with Gasteiger partial charge in [-0.25, -0.2) is 0 Å². The van der Waals surface area contributed by atoms with Crippen molar-refractivity contribution in [2.45, 2.75) is 51.5 Å². The molecule has 1 aliphatic carbocycles. The highest BCUT2D eigenvalue weighted by atomic mass is 35.5. The molecule has 2 aliphatic rings. The van der Waals surface area contributed by atoms with Crippen LogP contribution in [0.25, 0.3) is 0 Å². The molecule has 3 atom stereocenters. The van der Waals surface area contributed by atoms with Crippen molar-refractivity contribution < 1.29 is 9.59 Å². The summed E-state index contributed by atoms with van der Waals surface area (Å²) < 4.78 is 0. The average molecular weight is 380 g/mol. The summed E-state index contributed by atoms with van der Waals surface area (Å²) in [6.07, 6.45) is 5.31. The van der Waals surface area contributed by atoms with Gasteiger partial charge in [-0.1, -0.05) is 31.0 Å². The van der Waals surface area contributed by atoms with Crippen molar-refractivity contribution in [3.8, 4) is 0 Å². The lowest BCUT2D eigenvalue weighted by atomic mass is 9.77. The summed E-state index contributed by atoms with van der Waals surface area (Å²) in [7, 11) is 0. The second kappa shape index (κ2) is 9.38. The van der Waals surface area contributed by atoms with Gasteiger partial charge in [-0.15, -0.1) is 12.4 Å². The maximum absolute atomic E-state index is 13.3. The SMILES string of the molecule is CC1Cc2ccccc2N1C(=O)C1CCCCC1C(=O)NCCCN.Cl. The van der Waals surface area contributed by atoms with E-state index in [1.165, 1.54) is 5.56 Å². The van der Waals surface area contributed by atoms with Crippen LogP contribution in [0.5, 0.6) is 0 Å². The van der Waals surface area contributed by atoms with E-state index < -0.39 is 0 Å². The van der Waals surface area contributed by atoms with E-state index in [1.807, 2.05) is 23.1 Å². The van der Waals surface area contributed by atoms with Gasteiger partial charge in [0.2, 0.25) is 11.8 Å². The number of benzene rings is 1. The summed E-state index contributed by atoms with van der Waals surface area (Å²) >= 11 is 0. The van der Waals surface area contributed by atoms with Crippen LogP contribution in [0.4, 0.5) is 5.69 Å². The van der Waals surface area contributed by atoms with E-state index in [0.29, 0.717) is 13.1 Å². The minimum atomic E-state index is -0.209. The Labute approximate surface area is 162 Å². The molecule has 0 saturated heterocycles. The summed E-state index contributed by atoms with van der Waals surface area (Å²) in [4.78, 5) is 27.9. The lowest BCUT2D eigenvalue weighted by molar-refractivity contribution is -0.135. The predicted octanol–water partition coefficient (Wildman–Crippen LogP) is 2.66. The van der Waals surface area contributed by atoms with E-state index in [2.05, 4.69) is 18.3 Å². The van der Waals surface area contributed by atoms with Gasteiger partial charge >= 0.3 is 0 Å². The maximum atomic E-state index is 13.3. The van der Waals surface area contributed by atoms with Crippen molar-refractivity contribution in [3.05, 3.63) is 29.8 Å². The Morgan fingerprint density at radius 1 is 1.19 bits per heavy atom. The van der Waals surface area contributed by atoms with E-state index in [0.717, 1.165) is 44.2 Å². The number of rotatable bonds is 5. The minimum absolute atomic E-state index is 0. The van der Waals surface area contributed by atoms with Crippen LogP contribution in [0.1, 0.15) is 44.6 Å². The first-order chi connectivity index (χ1) is 12.1. The number of fused-ring (bicyclic) bond motifs is 1. The minimum Gasteiger partial charge on any atom is -0.356 e. The molecule has 144 valence electrons. The molecular weight excluding hydrogens is 350 g/mol. The number of para-hydroxylation sites is 1. The molecule has 1 aromatic rings. The Morgan fingerprint density at radius 2 is 1.88 bits per heavy atom. The molecule has 5 nitrogen and oxygen atoms in total. The smallest absolute Gasteiger partial charge is 0.231 e. The van der Waals surface area contributed by atoms with Crippen LogP contribution in [0.15, 0.2) is 24.3 Å². The van der Waals surface area contributed by atoms with Gasteiger partial charge in [0, 0.05) is 24.2 Å². The molecule has 6 heteroatoms. The third-order valence-corrected chi connectivity index (χ3v) is 5.54. The van der Waals surface area contributed by atoms with Crippen molar-refractivity contribution in [3.63, 3.8) is 0 Å². The first-order valence-corrected chi connectivity index (χ1v) is 9.52. The molecule has 3 unspecified atom stereocenters. The molecule has 26 heavy (non-hydrogen) atoms. The second-order valence-electron chi connectivity index (χ2n) is 7.32. The fraction of sp³-hybridized carbons (Fsp3) is 0.600. The first kappa shape index (κ1) is 20.7. The van der Waals surface area contributed by atoms with Crippen molar-refractivity contribution in [2.75, 3.05) is 18.0 Å². The largest absolute Gasteiger partial charge is 0.356 e. The Hall–Kier alpha value is -1.59. The predicted molar refractivity (Wildman–Crippen MR) is 106 cm³/mol. The number of hydrogen-bond acceptors (Lipinski definition) is 3. The molecule has 1 saturated carbocycles.